The Bertz CT molecular complexity index is 984. The zero-order chi connectivity index (χ0) is 16.5. The number of aryl methyl sites for hydroxylation is 1. The lowest BCUT2D eigenvalue weighted by atomic mass is 10.2. The maximum atomic E-state index is 12.2. The minimum Gasteiger partial charge on any atom is -0.321 e. The van der Waals surface area contributed by atoms with E-state index >= 15 is 0 Å². The number of anilines is 1. The van der Waals surface area contributed by atoms with Crippen molar-refractivity contribution >= 4 is 33.1 Å². The zero-order valence-corrected chi connectivity index (χ0v) is 13.7. The van der Waals surface area contributed by atoms with Gasteiger partial charge in [-0.3, -0.25) is 9.48 Å². The van der Waals surface area contributed by atoms with Crippen molar-refractivity contribution in [3.05, 3.63) is 66.5 Å². The van der Waals surface area contributed by atoms with Crippen molar-refractivity contribution in [3.63, 3.8) is 0 Å². The Balaban J connectivity index is 1.56. The number of para-hydroxylation sites is 1. The molecule has 6 heteroatoms. The summed E-state index contributed by atoms with van der Waals surface area (Å²) in [5, 5.41) is 7.85. The van der Waals surface area contributed by atoms with Gasteiger partial charge in [0.1, 0.15) is 10.7 Å². The summed E-state index contributed by atoms with van der Waals surface area (Å²) in [5.41, 5.74) is 3.30. The zero-order valence-electron chi connectivity index (χ0n) is 12.9. The topological polar surface area (TPSA) is 59.8 Å². The van der Waals surface area contributed by atoms with Crippen LogP contribution < -0.4 is 5.32 Å². The van der Waals surface area contributed by atoms with Crippen molar-refractivity contribution < 1.29 is 4.79 Å². The van der Waals surface area contributed by atoms with Gasteiger partial charge < -0.3 is 5.32 Å². The quantitative estimate of drug-likeness (QED) is 0.617. The first-order valence-electron chi connectivity index (χ1n) is 7.46. The van der Waals surface area contributed by atoms with Gasteiger partial charge in [0.05, 0.1) is 10.2 Å². The second-order valence-electron chi connectivity index (χ2n) is 5.36. The van der Waals surface area contributed by atoms with Crippen LogP contribution in [-0.4, -0.2) is 20.7 Å². The van der Waals surface area contributed by atoms with E-state index in [4.69, 9.17) is 0 Å². The van der Waals surface area contributed by atoms with Crippen LogP contribution in [0.2, 0.25) is 0 Å². The number of aromatic nitrogens is 3. The third kappa shape index (κ3) is 2.68. The molecule has 0 aliphatic heterocycles. The highest BCUT2D eigenvalue weighted by atomic mass is 32.1. The average Bonchev–Trinajstić information content (AvgIpc) is 3.21. The predicted molar refractivity (Wildman–Crippen MR) is 96.2 cm³/mol. The fraction of sp³-hybridized carbons (Fsp3) is 0.0556. The van der Waals surface area contributed by atoms with Gasteiger partial charge >= 0.3 is 0 Å². The van der Waals surface area contributed by atoms with Crippen molar-refractivity contribution in [3.8, 4) is 10.6 Å². The Morgan fingerprint density at radius 1 is 1.08 bits per heavy atom. The van der Waals surface area contributed by atoms with Crippen LogP contribution in [0, 0.1) is 0 Å². The summed E-state index contributed by atoms with van der Waals surface area (Å²) >= 11 is 1.66. The Kier molecular flexibility index (Phi) is 3.59. The highest BCUT2D eigenvalue weighted by Crippen LogP contribution is 2.30. The maximum absolute atomic E-state index is 12.2. The average molecular weight is 334 g/mol. The molecule has 2 aromatic carbocycles. The van der Waals surface area contributed by atoms with E-state index < -0.39 is 0 Å². The molecule has 0 bridgehead atoms. The molecule has 0 aliphatic carbocycles. The van der Waals surface area contributed by atoms with E-state index in [1.165, 1.54) is 4.70 Å². The van der Waals surface area contributed by atoms with Crippen LogP contribution in [0.5, 0.6) is 0 Å². The number of rotatable bonds is 3. The molecular formula is C18H14N4OS. The molecule has 5 nitrogen and oxygen atoms in total. The lowest BCUT2D eigenvalue weighted by Gasteiger charge is -2.06. The molecule has 0 saturated heterocycles. The van der Waals surface area contributed by atoms with Gasteiger partial charge in [-0.25, -0.2) is 4.98 Å². The van der Waals surface area contributed by atoms with Gasteiger partial charge in [-0.05, 0) is 42.5 Å². The van der Waals surface area contributed by atoms with Gasteiger partial charge in [0.25, 0.3) is 5.91 Å². The number of amides is 1. The Morgan fingerprint density at radius 2 is 1.88 bits per heavy atom. The second kappa shape index (κ2) is 5.90. The Hall–Kier alpha value is -2.99. The van der Waals surface area contributed by atoms with Crippen molar-refractivity contribution in [2.24, 2.45) is 7.05 Å². The van der Waals surface area contributed by atoms with Crippen LogP contribution in [0.4, 0.5) is 5.69 Å². The number of thiazole rings is 1. The third-order valence-electron chi connectivity index (χ3n) is 3.74. The van der Waals surface area contributed by atoms with Gasteiger partial charge in [0.15, 0.2) is 0 Å². The van der Waals surface area contributed by atoms with Crippen LogP contribution in [0.25, 0.3) is 20.8 Å². The normalized spacial score (nSPS) is 10.9. The Labute approximate surface area is 142 Å². The first-order valence-corrected chi connectivity index (χ1v) is 8.28. The molecule has 1 amide bonds. The number of carbonyl (C=O) groups excluding carboxylic acids is 1. The van der Waals surface area contributed by atoms with Crippen molar-refractivity contribution in [1.82, 2.24) is 14.8 Å². The van der Waals surface area contributed by atoms with Gasteiger partial charge in [-0.2, -0.15) is 5.10 Å². The van der Waals surface area contributed by atoms with Gasteiger partial charge in [0, 0.05) is 24.5 Å². The minimum atomic E-state index is -0.178. The molecule has 1 N–H and O–H groups in total. The molecule has 4 rings (SSSR count). The summed E-state index contributed by atoms with van der Waals surface area (Å²) < 4.78 is 2.71. The number of hydrogen-bond acceptors (Lipinski definition) is 4. The van der Waals surface area contributed by atoms with E-state index in [0.29, 0.717) is 5.69 Å². The number of nitrogens with zero attached hydrogens (tertiary/aromatic N) is 3. The summed E-state index contributed by atoms with van der Waals surface area (Å²) in [6, 6.07) is 17.5. The van der Waals surface area contributed by atoms with Crippen LogP contribution in [0.1, 0.15) is 10.5 Å². The van der Waals surface area contributed by atoms with Crippen LogP contribution >= 0.6 is 11.3 Å². The largest absolute Gasteiger partial charge is 0.321 e. The molecule has 4 aromatic rings. The second-order valence-corrected chi connectivity index (χ2v) is 6.39. The first-order chi connectivity index (χ1) is 11.7. The highest BCUT2D eigenvalue weighted by Gasteiger charge is 2.10. The van der Waals surface area contributed by atoms with E-state index in [9.17, 15) is 4.79 Å². The molecule has 118 valence electrons. The molecule has 2 aromatic heterocycles. The molecule has 0 atom stereocenters. The fourth-order valence-corrected chi connectivity index (χ4v) is 3.45. The third-order valence-corrected chi connectivity index (χ3v) is 4.82. The summed E-state index contributed by atoms with van der Waals surface area (Å²) in [5.74, 6) is -0.178. The number of benzene rings is 2. The van der Waals surface area contributed by atoms with Gasteiger partial charge in [-0.1, -0.05) is 12.1 Å². The van der Waals surface area contributed by atoms with E-state index in [-0.39, 0.29) is 5.91 Å². The first kappa shape index (κ1) is 14.6. The highest BCUT2D eigenvalue weighted by molar-refractivity contribution is 7.21. The number of nitrogens with one attached hydrogen (secondary N) is 1. The van der Waals surface area contributed by atoms with E-state index in [1.54, 1.807) is 35.3 Å². The smallest absolute Gasteiger partial charge is 0.273 e. The maximum Gasteiger partial charge on any atom is 0.273 e. The molecule has 0 aliphatic rings. The van der Waals surface area contributed by atoms with Gasteiger partial charge in [-0.15, -0.1) is 11.3 Å². The van der Waals surface area contributed by atoms with E-state index in [2.05, 4.69) is 21.5 Å². The number of hydrogen-bond donors (Lipinski definition) is 1. The van der Waals surface area contributed by atoms with Crippen LogP contribution in [0.3, 0.4) is 0 Å². The fourth-order valence-electron chi connectivity index (χ4n) is 2.48. The van der Waals surface area contributed by atoms with Crippen LogP contribution in [0.15, 0.2) is 60.8 Å². The molecule has 0 spiro atoms. The summed E-state index contributed by atoms with van der Waals surface area (Å²) in [6.45, 7) is 0. The van der Waals surface area contributed by atoms with Crippen molar-refractivity contribution in [2.45, 2.75) is 0 Å². The van der Waals surface area contributed by atoms with E-state index in [0.717, 1.165) is 21.8 Å². The minimum absolute atomic E-state index is 0.178. The lowest BCUT2D eigenvalue weighted by molar-refractivity contribution is 0.101. The number of fused-ring (bicyclic) bond motifs is 1. The van der Waals surface area contributed by atoms with Crippen LogP contribution in [-0.2, 0) is 7.05 Å². The van der Waals surface area contributed by atoms with Crippen molar-refractivity contribution in [1.29, 1.82) is 0 Å². The molecule has 0 fully saturated rings. The molecule has 2 heterocycles. The Morgan fingerprint density at radius 3 is 2.58 bits per heavy atom. The van der Waals surface area contributed by atoms with Crippen molar-refractivity contribution in [2.75, 3.05) is 5.32 Å². The molecule has 0 radical (unpaired) electrons. The molecule has 0 unspecified atom stereocenters. The van der Waals surface area contributed by atoms with E-state index in [1.807, 2.05) is 42.5 Å². The molecule has 24 heavy (non-hydrogen) atoms. The summed E-state index contributed by atoms with van der Waals surface area (Å²) in [6.07, 6.45) is 1.60. The standard InChI is InChI=1S/C18H14N4OS/c1-22-15(10-11-19-22)17(23)20-13-8-6-12(7-9-13)18-21-14-4-2-3-5-16(14)24-18/h2-11H,1H3,(H,20,23). The molecule has 0 saturated carbocycles. The van der Waals surface area contributed by atoms with Gasteiger partial charge in [0.2, 0.25) is 0 Å². The monoisotopic (exact) mass is 334 g/mol. The summed E-state index contributed by atoms with van der Waals surface area (Å²) in [7, 11) is 1.74. The lowest BCUT2D eigenvalue weighted by Crippen LogP contribution is -2.15. The SMILES string of the molecule is Cn1nccc1C(=O)Nc1ccc(-c2nc3ccccc3s2)cc1. The number of carbonyl (C=O) groups is 1. The summed E-state index contributed by atoms with van der Waals surface area (Å²) in [4.78, 5) is 16.8. The molecular weight excluding hydrogens is 320 g/mol. The predicted octanol–water partition coefficient (Wildman–Crippen LogP) is 3.95.